The van der Waals surface area contributed by atoms with Crippen LogP contribution in [0.4, 0.5) is 0 Å². The number of imidazole rings is 1. The average Bonchev–Trinajstić information content (AvgIpc) is 3.05. The molecular weight excluding hydrogens is 362 g/mol. The van der Waals surface area contributed by atoms with Crippen molar-refractivity contribution in [3.63, 3.8) is 0 Å². The Labute approximate surface area is 172 Å². The Morgan fingerprint density at radius 2 is 1.55 bits per heavy atom. The molecule has 2 heterocycles. The fourth-order valence-electron chi connectivity index (χ4n) is 6.52. The summed E-state index contributed by atoms with van der Waals surface area (Å²) in [7, 11) is 0. The van der Waals surface area contributed by atoms with Crippen molar-refractivity contribution in [1.82, 2.24) is 14.0 Å². The van der Waals surface area contributed by atoms with E-state index >= 15 is 0 Å². The summed E-state index contributed by atoms with van der Waals surface area (Å²) in [5.41, 5.74) is 1.47. The van der Waals surface area contributed by atoms with Crippen molar-refractivity contribution in [2.24, 2.45) is 11.8 Å². The number of rotatable bonds is 2. The van der Waals surface area contributed by atoms with Crippen LogP contribution in [-0.2, 0) is 0 Å². The molecule has 1 aliphatic heterocycles. The van der Waals surface area contributed by atoms with Crippen LogP contribution in [0.2, 0.25) is 0 Å². The predicted molar refractivity (Wildman–Crippen MR) is 115 cm³/mol. The van der Waals surface area contributed by atoms with Crippen molar-refractivity contribution in [3.05, 3.63) is 34.7 Å². The lowest BCUT2D eigenvalue weighted by molar-refractivity contribution is 0.0533. The van der Waals surface area contributed by atoms with Crippen LogP contribution in [0.25, 0.3) is 11.0 Å². The highest BCUT2D eigenvalue weighted by molar-refractivity contribution is 5.89. The minimum atomic E-state index is -0.202. The predicted octanol–water partition coefficient (Wildman–Crippen LogP) is 4.46. The van der Waals surface area contributed by atoms with E-state index in [1.54, 1.807) is 0 Å². The fraction of sp³-hybridized carbons (Fsp3) is 0.667. The first-order valence-corrected chi connectivity index (χ1v) is 11.6. The average molecular weight is 396 g/mol. The second-order valence-electron chi connectivity index (χ2n) is 9.53. The maximum atomic E-state index is 13.1. The zero-order valence-corrected chi connectivity index (χ0v) is 17.6. The van der Waals surface area contributed by atoms with Gasteiger partial charge in [-0.25, -0.2) is 9.36 Å². The molecule has 5 heteroatoms. The molecule has 0 spiro atoms. The molecule has 3 fully saturated rings. The second-order valence-corrected chi connectivity index (χ2v) is 9.53. The molecule has 1 saturated heterocycles. The van der Waals surface area contributed by atoms with Crippen LogP contribution in [0.5, 0.6) is 0 Å². The van der Waals surface area contributed by atoms with Gasteiger partial charge in [0.2, 0.25) is 5.91 Å². The number of hydrogen-bond donors (Lipinski definition) is 0. The summed E-state index contributed by atoms with van der Waals surface area (Å²) in [5.74, 6) is 1.75. The Hall–Kier alpha value is -1.88. The molecule has 3 aliphatic rings. The highest BCUT2D eigenvalue weighted by Crippen LogP contribution is 2.42. The number of aromatic nitrogens is 2. The zero-order chi connectivity index (χ0) is 20.0. The van der Waals surface area contributed by atoms with Gasteiger partial charge in [-0.1, -0.05) is 37.8 Å². The van der Waals surface area contributed by atoms with Crippen molar-refractivity contribution in [2.45, 2.75) is 76.8 Å². The maximum absolute atomic E-state index is 13.1. The van der Waals surface area contributed by atoms with Gasteiger partial charge in [0, 0.05) is 32.1 Å². The van der Waals surface area contributed by atoms with E-state index in [0.717, 1.165) is 54.8 Å². The third kappa shape index (κ3) is 3.37. The number of fused-ring (bicyclic) bond motifs is 2. The molecule has 0 N–H and O–H groups in total. The molecule has 3 unspecified atom stereocenters. The van der Waals surface area contributed by atoms with Crippen molar-refractivity contribution in [1.29, 1.82) is 0 Å². The third-order valence-electron chi connectivity index (χ3n) is 7.99. The van der Waals surface area contributed by atoms with Gasteiger partial charge in [0.25, 0.3) is 0 Å². The third-order valence-corrected chi connectivity index (χ3v) is 7.99. The molecule has 0 radical (unpaired) electrons. The first-order valence-electron chi connectivity index (χ1n) is 11.6. The summed E-state index contributed by atoms with van der Waals surface area (Å²) in [4.78, 5) is 27.9. The molecular formula is C24H33N3O2. The van der Waals surface area contributed by atoms with Gasteiger partial charge >= 0.3 is 5.69 Å². The maximum Gasteiger partial charge on any atom is 0.336 e. The van der Waals surface area contributed by atoms with Gasteiger partial charge in [-0.05, 0) is 56.1 Å². The standard InChI is InChI=1S/C24H33N3O2/c1-17(28)26-22-8-4-5-9-23(22)27(24(26)29)20-12-14-25(15-13-20)21-11-10-18-6-2-3-7-19(18)16-21/h4-5,8-9,18-21H,2-3,6-7,10-16H2,1H3. The number of hydrogen-bond acceptors (Lipinski definition) is 3. The van der Waals surface area contributed by atoms with E-state index < -0.39 is 0 Å². The number of carbonyl (C=O) groups is 1. The van der Waals surface area contributed by atoms with E-state index in [-0.39, 0.29) is 17.6 Å². The van der Waals surface area contributed by atoms with E-state index in [0.29, 0.717) is 0 Å². The topological polar surface area (TPSA) is 47.2 Å². The minimum absolute atomic E-state index is 0.167. The first kappa shape index (κ1) is 19.1. The zero-order valence-electron chi connectivity index (χ0n) is 17.6. The first-order chi connectivity index (χ1) is 14.1. The highest BCUT2D eigenvalue weighted by Gasteiger charge is 2.36. The summed E-state index contributed by atoms with van der Waals surface area (Å²) in [5, 5.41) is 0. The smallest absolute Gasteiger partial charge is 0.300 e. The number of piperidine rings is 1. The van der Waals surface area contributed by atoms with Crippen LogP contribution in [0, 0.1) is 11.8 Å². The monoisotopic (exact) mass is 395 g/mol. The van der Waals surface area contributed by atoms with Gasteiger partial charge in [0.1, 0.15) is 0 Å². The van der Waals surface area contributed by atoms with Crippen LogP contribution >= 0.6 is 0 Å². The Morgan fingerprint density at radius 3 is 2.28 bits per heavy atom. The summed E-state index contributed by atoms with van der Waals surface area (Å²) in [6.07, 6.45) is 11.9. The number of para-hydroxylation sites is 2. The molecule has 1 aromatic heterocycles. The lowest BCUT2D eigenvalue weighted by Crippen LogP contribution is -2.46. The largest absolute Gasteiger partial charge is 0.336 e. The summed E-state index contributed by atoms with van der Waals surface area (Å²) < 4.78 is 3.23. The summed E-state index contributed by atoms with van der Waals surface area (Å²) >= 11 is 0. The van der Waals surface area contributed by atoms with Crippen LogP contribution in [0.15, 0.2) is 29.1 Å². The lowest BCUT2D eigenvalue weighted by Gasteiger charge is -2.45. The van der Waals surface area contributed by atoms with Crippen molar-refractivity contribution < 1.29 is 4.79 Å². The molecule has 3 atom stereocenters. The van der Waals surface area contributed by atoms with E-state index in [2.05, 4.69) is 4.90 Å². The Bertz CT molecular complexity index is 951. The molecule has 2 aromatic rings. The van der Waals surface area contributed by atoms with Gasteiger partial charge in [-0.2, -0.15) is 0 Å². The molecule has 5 nitrogen and oxygen atoms in total. The molecule has 2 aliphatic carbocycles. The van der Waals surface area contributed by atoms with Crippen molar-refractivity contribution in [2.75, 3.05) is 13.1 Å². The number of likely N-dealkylation sites (tertiary alicyclic amines) is 1. The molecule has 29 heavy (non-hydrogen) atoms. The molecule has 0 bridgehead atoms. The molecule has 0 amide bonds. The SMILES string of the molecule is CC(=O)n1c(=O)n(C2CCN(C3CCC4CCCCC4C3)CC2)c2ccccc21. The van der Waals surface area contributed by atoms with E-state index in [4.69, 9.17) is 0 Å². The summed E-state index contributed by atoms with van der Waals surface area (Å²) in [6.45, 7) is 3.61. The number of benzene rings is 1. The molecule has 5 rings (SSSR count). The summed E-state index contributed by atoms with van der Waals surface area (Å²) in [6, 6.07) is 8.65. The van der Waals surface area contributed by atoms with Crippen molar-refractivity contribution in [3.8, 4) is 0 Å². The number of carbonyl (C=O) groups excluding carboxylic acids is 1. The van der Waals surface area contributed by atoms with Crippen LogP contribution < -0.4 is 5.69 Å². The van der Waals surface area contributed by atoms with Gasteiger partial charge in [0.05, 0.1) is 11.0 Å². The van der Waals surface area contributed by atoms with Crippen LogP contribution in [-0.4, -0.2) is 39.1 Å². The Balaban J connectivity index is 1.32. The lowest BCUT2D eigenvalue weighted by atomic mass is 9.69. The quantitative estimate of drug-likeness (QED) is 0.754. The molecule has 156 valence electrons. The van der Waals surface area contributed by atoms with Crippen LogP contribution in [0.1, 0.15) is 75.5 Å². The van der Waals surface area contributed by atoms with Gasteiger partial charge < -0.3 is 4.90 Å². The van der Waals surface area contributed by atoms with Gasteiger partial charge in [0.15, 0.2) is 0 Å². The molecule has 2 saturated carbocycles. The normalized spacial score (nSPS) is 29.1. The minimum Gasteiger partial charge on any atom is -0.300 e. The van der Waals surface area contributed by atoms with Gasteiger partial charge in [-0.3, -0.25) is 9.36 Å². The van der Waals surface area contributed by atoms with E-state index in [1.165, 1.54) is 56.4 Å². The Kier molecular flexibility index (Phi) is 5.10. The highest BCUT2D eigenvalue weighted by atomic mass is 16.2. The van der Waals surface area contributed by atoms with Crippen LogP contribution in [0.3, 0.4) is 0 Å². The van der Waals surface area contributed by atoms with Gasteiger partial charge in [-0.15, -0.1) is 0 Å². The van der Waals surface area contributed by atoms with E-state index in [1.807, 2.05) is 28.8 Å². The van der Waals surface area contributed by atoms with Crippen molar-refractivity contribution >= 4 is 16.9 Å². The second kappa shape index (κ2) is 7.75. The number of nitrogens with zero attached hydrogens (tertiary/aromatic N) is 3. The Morgan fingerprint density at radius 1 is 0.862 bits per heavy atom. The fourth-order valence-corrected chi connectivity index (χ4v) is 6.52. The molecule has 1 aromatic carbocycles. The van der Waals surface area contributed by atoms with E-state index in [9.17, 15) is 9.59 Å².